The highest BCUT2D eigenvalue weighted by atomic mass is 32.2. The Morgan fingerprint density at radius 3 is 2.46 bits per heavy atom. The summed E-state index contributed by atoms with van der Waals surface area (Å²) in [5, 5.41) is 8.20. The number of nitrogens with zero attached hydrogens (tertiary/aromatic N) is 4. The molecule has 9 heteroatoms. The van der Waals surface area contributed by atoms with Crippen LogP contribution < -0.4 is 4.90 Å². The number of sulfone groups is 1. The van der Waals surface area contributed by atoms with Crippen molar-refractivity contribution < 1.29 is 17.6 Å². The number of oxazole rings is 1. The van der Waals surface area contributed by atoms with E-state index in [0.29, 0.717) is 43.9 Å². The second-order valence-electron chi connectivity index (χ2n) is 6.38. The number of nitriles is 1. The van der Waals surface area contributed by atoms with Crippen LogP contribution >= 0.6 is 0 Å². The predicted octanol–water partition coefficient (Wildman–Crippen LogP) is 0.505. The van der Waals surface area contributed by atoms with Crippen molar-refractivity contribution in [2.24, 2.45) is 0 Å². The van der Waals surface area contributed by atoms with E-state index in [1.54, 1.807) is 4.90 Å². The molecule has 24 heavy (non-hydrogen) atoms. The van der Waals surface area contributed by atoms with Crippen molar-refractivity contribution >= 4 is 21.6 Å². The largest absolute Gasteiger partial charge is 0.423 e. The zero-order chi connectivity index (χ0) is 17.5. The van der Waals surface area contributed by atoms with Crippen molar-refractivity contribution in [1.82, 2.24) is 9.88 Å². The van der Waals surface area contributed by atoms with Gasteiger partial charge in [-0.1, -0.05) is 0 Å². The molecule has 1 saturated heterocycles. The number of aromatic nitrogens is 1. The molecule has 2 fully saturated rings. The Morgan fingerprint density at radius 2 is 1.96 bits per heavy atom. The summed E-state index contributed by atoms with van der Waals surface area (Å²) in [5.74, 6) is 1.02. The van der Waals surface area contributed by atoms with Crippen LogP contribution in [0.3, 0.4) is 0 Å². The van der Waals surface area contributed by atoms with Crippen molar-refractivity contribution in [3.63, 3.8) is 0 Å². The van der Waals surface area contributed by atoms with Crippen molar-refractivity contribution in [1.29, 1.82) is 5.26 Å². The van der Waals surface area contributed by atoms with Gasteiger partial charge in [0.2, 0.25) is 23.4 Å². The maximum atomic E-state index is 12.3. The molecule has 130 valence electrons. The normalized spacial score (nSPS) is 19.9. The molecule has 0 bridgehead atoms. The molecule has 1 aromatic rings. The molecule has 0 spiro atoms. The lowest BCUT2D eigenvalue weighted by Gasteiger charge is -2.35. The van der Waals surface area contributed by atoms with E-state index in [2.05, 4.69) is 11.1 Å². The van der Waals surface area contributed by atoms with Crippen LogP contribution in [0.5, 0.6) is 0 Å². The van der Waals surface area contributed by atoms with Gasteiger partial charge in [0.05, 0.1) is 0 Å². The minimum atomic E-state index is -3.40. The van der Waals surface area contributed by atoms with Gasteiger partial charge in [0.1, 0.15) is 11.3 Å². The van der Waals surface area contributed by atoms with Gasteiger partial charge in [0.15, 0.2) is 9.84 Å². The van der Waals surface area contributed by atoms with Crippen LogP contribution in [0.25, 0.3) is 0 Å². The zero-order valence-electron chi connectivity index (χ0n) is 13.7. The third-order valence-electron chi connectivity index (χ3n) is 4.53. The first-order valence-electron chi connectivity index (χ1n) is 7.94. The standard InChI is InChI=1S/C15H20N4O4S/c1-10(24(2,21)22)14(20)18-5-7-19(8-6-18)15-12(9-16)17-13(23-15)11-3-4-11/h10-11H,3-8H2,1-2H3/t10-/m1/s1. The van der Waals surface area contributed by atoms with E-state index in [9.17, 15) is 18.5 Å². The van der Waals surface area contributed by atoms with Gasteiger partial charge >= 0.3 is 0 Å². The first kappa shape index (κ1) is 16.8. The van der Waals surface area contributed by atoms with E-state index in [0.717, 1.165) is 19.1 Å². The van der Waals surface area contributed by atoms with Gasteiger partial charge < -0.3 is 14.2 Å². The first-order chi connectivity index (χ1) is 11.3. The molecule has 1 aliphatic heterocycles. The van der Waals surface area contributed by atoms with E-state index in [4.69, 9.17) is 4.42 Å². The lowest BCUT2D eigenvalue weighted by atomic mass is 10.2. The number of piperazine rings is 1. The maximum Gasteiger partial charge on any atom is 0.240 e. The summed E-state index contributed by atoms with van der Waals surface area (Å²) < 4.78 is 28.8. The highest BCUT2D eigenvalue weighted by Crippen LogP contribution is 2.41. The van der Waals surface area contributed by atoms with Crippen molar-refractivity contribution in [3.05, 3.63) is 11.6 Å². The van der Waals surface area contributed by atoms with Crippen LogP contribution in [0.4, 0.5) is 5.88 Å². The van der Waals surface area contributed by atoms with Gasteiger partial charge in [-0.15, -0.1) is 0 Å². The monoisotopic (exact) mass is 352 g/mol. The van der Waals surface area contributed by atoms with Crippen molar-refractivity contribution in [3.8, 4) is 6.07 Å². The van der Waals surface area contributed by atoms with Crippen molar-refractivity contribution in [2.45, 2.75) is 30.9 Å². The maximum absolute atomic E-state index is 12.3. The SMILES string of the molecule is C[C@H](C(=O)N1CCN(c2oc(C3CC3)nc2C#N)CC1)S(C)(=O)=O. The molecule has 1 aromatic heterocycles. The average Bonchev–Trinajstić information content (AvgIpc) is 3.32. The molecule has 3 rings (SSSR count). The molecule has 2 heterocycles. The molecule has 0 radical (unpaired) electrons. The van der Waals surface area contributed by atoms with Crippen LogP contribution in [-0.2, 0) is 14.6 Å². The fraction of sp³-hybridized carbons (Fsp3) is 0.667. The molecule has 0 aromatic carbocycles. The third kappa shape index (κ3) is 3.24. The van der Waals surface area contributed by atoms with E-state index < -0.39 is 15.1 Å². The van der Waals surface area contributed by atoms with Gasteiger partial charge in [-0.2, -0.15) is 5.26 Å². The fourth-order valence-corrected chi connectivity index (χ4v) is 3.21. The number of anilines is 1. The number of carbonyl (C=O) groups excluding carboxylic acids is 1. The Labute approximate surface area is 141 Å². The highest BCUT2D eigenvalue weighted by molar-refractivity contribution is 7.92. The molecule has 1 saturated carbocycles. The molecule has 0 N–H and O–H groups in total. The summed E-state index contributed by atoms with van der Waals surface area (Å²) in [5.41, 5.74) is 0.279. The lowest BCUT2D eigenvalue weighted by molar-refractivity contribution is -0.130. The van der Waals surface area contributed by atoms with Gasteiger partial charge in [0.25, 0.3) is 0 Å². The Hall–Kier alpha value is -2.08. The van der Waals surface area contributed by atoms with E-state index in [1.807, 2.05) is 4.90 Å². The number of carbonyl (C=O) groups is 1. The minimum absolute atomic E-state index is 0.279. The second kappa shape index (κ2) is 6.09. The summed E-state index contributed by atoms with van der Waals surface area (Å²) in [6, 6.07) is 2.06. The Kier molecular flexibility index (Phi) is 4.25. The Morgan fingerprint density at radius 1 is 1.33 bits per heavy atom. The smallest absolute Gasteiger partial charge is 0.240 e. The molecule has 1 amide bonds. The summed E-state index contributed by atoms with van der Waals surface area (Å²) >= 11 is 0. The van der Waals surface area contributed by atoms with Crippen LogP contribution in [-0.4, -0.2) is 61.9 Å². The number of hydrogen-bond donors (Lipinski definition) is 0. The van der Waals surface area contributed by atoms with E-state index in [-0.39, 0.29) is 11.6 Å². The molecular weight excluding hydrogens is 332 g/mol. The summed E-state index contributed by atoms with van der Waals surface area (Å²) in [6.45, 7) is 3.16. The number of hydrogen-bond acceptors (Lipinski definition) is 7. The molecule has 1 atom stereocenters. The summed E-state index contributed by atoms with van der Waals surface area (Å²) in [4.78, 5) is 19.9. The van der Waals surface area contributed by atoms with Gasteiger partial charge in [-0.05, 0) is 19.8 Å². The van der Waals surface area contributed by atoms with E-state index >= 15 is 0 Å². The Bertz CT molecular complexity index is 783. The molecule has 2 aliphatic rings. The van der Waals surface area contributed by atoms with Crippen LogP contribution in [0.2, 0.25) is 0 Å². The summed E-state index contributed by atoms with van der Waals surface area (Å²) in [6.07, 6.45) is 3.14. The fourth-order valence-electron chi connectivity index (χ4n) is 2.69. The van der Waals surface area contributed by atoms with Crippen LogP contribution in [0.15, 0.2) is 4.42 Å². The molecule has 1 aliphatic carbocycles. The number of rotatable bonds is 4. The van der Waals surface area contributed by atoms with Crippen molar-refractivity contribution in [2.75, 3.05) is 37.3 Å². The molecular formula is C15H20N4O4S. The topological polar surface area (TPSA) is 108 Å². The van der Waals surface area contributed by atoms with Crippen LogP contribution in [0, 0.1) is 11.3 Å². The third-order valence-corrected chi connectivity index (χ3v) is 6.01. The molecule has 8 nitrogen and oxygen atoms in total. The highest BCUT2D eigenvalue weighted by Gasteiger charge is 2.34. The first-order valence-corrected chi connectivity index (χ1v) is 9.90. The van der Waals surface area contributed by atoms with E-state index in [1.165, 1.54) is 6.92 Å². The molecule has 0 unspecified atom stereocenters. The lowest BCUT2D eigenvalue weighted by Crippen LogP contribution is -2.52. The second-order valence-corrected chi connectivity index (χ2v) is 8.74. The van der Waals surface area contributed by atoms with Gasteiger partial charge in [0, 0.05) is 38.4 Å². The average molecular weight is 352 g/mol. The summed E-state index contributed by atoms with van der Waals surface area (Å²) in [7, 11) is -3.40. The number of amides is 1. The van der Waals surface area contributed by atoms with Crippen LogP contribution in [0.1, 0.15) is 37.3 Å². The minimum Gasteiger partial charge on any atom is -0.423 e. The predicted molar refractivity (Wildman–Crippen MR) is 86.3 cm³/mol. The zero-order valence-corrected chi connectivity index (χ0v) is 14.5. The van der Waals surface area contributed by atoms with Gasteiger partial charge in [-0.25, -0.2) is 13.4 Å². The quantitative estimate of drug-likeness (QED) is 0.776. The van der Waals surface area contributed by atoms with Gasteiger partial charge in [-0.3, -0.25) is 4.79 Å². The Balaban J connectivity index is 1.67.